The molecule has 2 aromatic carbocycles. The minimum Gasteiger partial charge on any atom is -0.497 e. The third-order valence-electron chi connectivity index (χ3n) is 3.36. The third kappa shape index (κ3) is 4.72. The summed E-state index contributed by atoms with van der Waals surface area (Å²) in [6.45, 7) is 0.135. The zero-order chi connectivity index (χ0) is 17.8. The van der Waals surface area contributed by atoms with E-state index in [4.69, 9.17) is 4.74 Å². The normalized spacial score (nSPS) is 12.2. The highest BCUT2D eigenvalue weighted by atomic mass is 32.2. The Morgan fingerprint density at radius 3 is 2.08 bits per heavy atom. The van der Waals surface area contributed by atoms with E-state index in [2.05, 4.69) is 4.72 Å². The fourth-order valence-corrected chi connectivity index (χ4v) is 3.06. The van der Waals surface area contributed by atoms with Crippen molar-refractivity contribution in [1.82, 2.24) is 4.72 Å². The first kappa shape index (κ1) is 18.3. The molecule has 8 heteroatoms. The van der Waals surface area contributed by atoms with Gasteiger partial charge in [-0.05, 0) is 48.4 Å². The molecule has 4 nitrogen and oxygen atoms in total. The van der Waals surface area contributed by atoms with E-state index >= 15 is 0 Å². The van der Waals surface area contributed by atoms with Crippen LogP contribution in [0, 0.1) is 0 Å². The molecule has 0 aliphatic carbocycles. The molecule has 0 atom stereocenters. The lowest BCUT2D eigenvalue weighted by Crippen LogP contribution is -2.26. The number of alkyl halides is 3. The van der Waals surface area contributed by atoms with Gasteiger partial charge >= 0.3 is 6.18 Å². The molecule has 0 saturated heterocycles. The maximum absolute atomic E-state index is 12.5. The van der Waals surface area contributed by atoms with Crippen molar-refractivity contribution in [2.24, 2.45) is 0 Å². The molecule has 130 valence electrons. The highest BCUT2D eigenvalue weighted by Gasteiger charge is 2.30. The van der Waals surface area contributed by atoms with E-state index in [1.807, 2.05) is 12.1 Å². The molecule has 1 N–H and O–H groups in total. The molecule has 0 fully saturated rings. The van der Waals surface area contributed by atoms with Crippen LogP contribution in [0.25, 0.3) is 0 Å². The van der Waals surface area contributed by atoms with Crippen LogP contribution in [-0.4, -0.2) is 22.1 Å². The van der Waals surface area contributed by atoms with Crippen molar-refractivity contribution >= 4 is 10.0 Å². The fraction of sp³-hybridized carbons (Fsp3) is 0.250. The number of hydrogen-bond donors (Lipinski definition) is 1. The van der Waals surface area contributed by atoms with E-state index < -0.39 is 21.8 Å². The summed E-state index contributed by atoms with van der Waals surface area (Å²) in [6, 6.07) is 10.5. The first-order chi connectivity index (χ1) is 11.2. The summed E-state index contributed by atoms with van der Waals surface area (Å²) >= 11 is 0. The number of rotatable bonds is 6. The largest absolute Gasteiger partial charge is 0.497 e. The van der Waals surface area contributed by atoms with Crippen molar-refractivity contribution in [2.45, 2.75) is 17.5 Å². The van der Waals surface area contributed by atoms with E-state index in [1.165, 1.54) is 0 Å². The minimum atomic E-state index is -4.50. The number of methoxy groups -OCH3 is 1. The molecule has 0 unspecified atom stereocenters. The van der Waals surface area contributed by atoms with Crippen molar-refractivity contribution in [3.8, 4) is 5.75 Å². The molecular formula is C16H16F3NO3S. The molecule has 0 bridgehead atoms. The van der Waals surface area contributed by atoms with Gasteiger partial charge in [0.05, 0.1) is 17.6 Å². The maximum atomic E-state index is 12.5. The Morgan fingerprint density at radius 1 is 1.00 bits per heavy atom. The second-order valence-corrected chi connectivity index (χ2v) is 6.78. The number of halogens is 3. The molecule has 0 spiro atoms. The highest BCUT2D eigenvalue weighted by molar-refractivity contribution is 7.89. The third-order valence-corrected chi connectivity index (χ3v) is 4.83. The van der Waals surface area contributed by atoms with E-state index in [9.17, 15) is 21.6 Å². The minimum absolute atomic E-state index is 0.135. The van der Waals surface area contributed by atoms with Crippen LogP contribution in [0.15, 0.2) is 53.4 Å². The van der Waals surface area contributed by atoms with Gasteiger partial charge in [0, 0.05) is 6.54 Å². The van der Waals surface area contributed by atoms with Crippen LogP contribution in [0.4, 0.5) is 13.2 Å². The Balaban J connectivity index is 1.97. The summed E-state index contributed by atoms with van der Waals surface area (Å²) in [5, 5.41) is 0. The SMILES string of the molecule is COc1ccc(CCNS(=O)(=O)c2ccc(C(F)(F)F)cc2)cc1. The van der Waals surface area contributed by atoms with Gasteiger partial charge in [-0.2, -0.15) is 13.2 Å². The van der Waals surface area contributed by atoms with E-state index in [0.717, 1.165) is 29.8 Å². The Kier molecular flexibility index (Phi) is 5.51. The fourth-order valence-electron chi connectivity index (χ4n) is 2.03. The quantitative estimate of drug-likeness (QED) is 0.862. The van der Waals surface area contributed by atoms with Crippen LogP contribution in [-0.2, 0) is 22.6 Å². The summed E-state index contributed by atoms with van der Waals surface area (Å²) < 4.78 is 69.0. The predicted octanol–water partition coefficient (Wildman–Crippen LogP) is 3.24. The van der Waals surface area contributed by atoms with E-state index in [0.29, 0.717) is 12.2 Å². The summed E-state index contributed by atoms with van der Waals surface area (Å²) in [6.07, 6.45) is -4.05. The maximum Gasteiger partial charge on any atom is 0.416 e. The van der Waals surface area contributed by atoms with Gasteiger partial charge in [0.1, 0.15) is 5.75 Å². The molecule has 2 aromatic rings. The molecule has 24 heavy (non-hydrogen) atoms. The van der Waals surface area contributed by atoms with Gasteiger partial charge in [0.15, 0.2) is 0 Å². The predicted molar refractivity (Wildman–Crippen MR) is 83.3 cm³/mol. The number of hydrogen-bond acceptors (Lipinski definition) is 3. The standard InChI is InChI=1S/C16H16F3NO3S/c1-23-14-6-2-12(3-7-14)10-11-20-24(21,22)15-8-4-13(5-9-15)16(17,18)19/h2-9,20H,10-11H2,1H3. The van der Waals surface area contributed by atoms with Crippen LogP contribution in [0.3, 0.4) is 0 Å². The molecule has 0 aliphatic rings. The van der Waals surface area contributed by atoms with Crippen molar-refractivity contribution in [1.29, 1.82) is 0 Å². The lowest BCUT2D eigenvalue weighted by atomic mass is 10.1. The lowest BCUT2D eigenvalue weighted by molar-refractivity contribution is -0.137. The van der Waals surface area contributed by atoms with Crippen molar-refractivity contribution in [3.05, 3.63) is 59.7 Å². The second kappa shape index (κ2) is 7.23. The van der Waals surface area contributed by atoms with Gasteiger partial charge in [-0.3, -0.25) is 0 Å². The first-order valence-electron chi connectivity index (χ1n) is 7.02. The summed E-state index contributed by atoms with van der Waals surface area (Å²) in [5.41, 5.74) is 0.0191. The van der Waals surface area contributed by atoms with Crippen LogP contribution in [0.2, 0.25) is 0 Å². The van der Waals surface area contributed by atoms with Gasteiger partial charge in [-0.25, -0.2) is 13.1 Å². The summed E-state index contributed by atoms with van der Waals surface area (Å²) in [4.78, 5) is -0.203. The van der Waals surface area contributed by atoms with Gasteiger partial charge in [0.25, 0.3) is 0 Å². The topological polar surface area (TPSA) is 55.4 Å². The van der Waals surface area contributed by atoms with Gasteiger partial charge in [-0.15, -0.1) is 0 Å². The first-order valence-corrected chi connectivity index (χ1v) is 8.50. The van der Waals surface area contributed by atoms with E-state index in [1.54, 1.807) is 19.2 Å². The van der Waals surface area contributed by atoms with Gasteiger partial charge in [0.2, 0.25) is 10.0 Å². The molecular weight excluding hydrogens is 343 g/mol. The van der Waals surface area contributed by atoms with Crippen LogP contribution < -0.4 is 9.46 Å². The zero-order valence-electron chi connectivity index (χ0n) is 12.8. The molecule has 0 heterocycles. The lowest BCUT2D eigenvalue weighted by Gasteiger charge is -2.09. The van der Waals surface area contributed by atoms with Crippen molar-refractivity contribution < 1.29 is 26.3 Å². The average molecular weight is 359 g/mol. The second-order valence-electron chi connectivity index (χ2n) is 5.02. The molecule has 0 radical (unpaired) electrons. The Hall–Kier alpha value is -2.06. The number of benzene rings is 2. The molecule has 0 saturated carbocycles. The van der Waals surface area contributed by atoms with E-state index in [-0.39, 0.29) is 11.4 Å². The number of ether oxygens (including phenoxy) is 1. The van der Waals surface area contributed by atoms with Crippen LogP contribution in [0.5, 0.6) is 5.75 Å². The van der Waals surface area contributed by atoms with Gasteiger partial charge in [-0.1, -0.05) is 12.1 Å². The Labute approximate surface area is 138 Å². The monoisotopic (exact) mass is 359 g/mol. The Bertz CT molecular complexity index is 770. The summed E-state index contributed by atoms with van der Waals surface area (Å²) in [5.74, 6) is 0.698. The zero-order valence-corrected chi connectivity index (χ0v) is 13.6. The molecule has 0 amide bonds. The average Bonchev–Trinajstić information content (AvgIpc) is 2.55. The number of sulfonamides is 1. The van der Waals surface area contributed by atoms with Crippen LogP contribution >= 0.6 is 0 Å². The molecule has 0 aliphatic heterocycles. The summed E-state index contributed by atoms with van der Waals surface area (Å²) in [7, 11) is -2.30. The Morgan fingerprint density at radius 2 is 1.58 bits per heavy atom. The van der Waals surface area contributed by atoms with Gasteiger partial charge < -0.3 is 4.74 Å². The number of nitrogens with one attached hydrogen (secondary N) is 1. The smallest absolute Gasteiger partial charge is 0.416 e. The van der Waals surface area contributed by atoms with Crippen molar-refractivity contribution in [2.75, 3.05) is 13.7 Å². The highest BCUT2D eigenvalue weighted by Crippen LogP contribution is 2.29. The molecule has 0 aromatic heterocycles. The van der Waals surface area contributed by atoms with Crippen LogP contribution in [0.1, 0.15) is 11.1 Å². The molecule has 2 rings (SSSR count). The van der Waals surface area contributed by atoms with Crippen molar-refractivity contribution in [3.63, 3.8) is 0 Å².